The number of carbonyl (C=O) groups is 1. The van der Waals surface area contributed by atoms with Crippen molar-refractivity contribution in [1.29, 1.82) is 0 Å². The molecule has 1 aromatic carbocycles. The normalized spacial score (nSPS) is 10.8. The molecule has 0 radical (unpaired) electrons. The maximum absolute atomic E-state index is 11.2. The van der Waals surface area contributed by atoms with Gasteiger partial charge >= 0.3 is 0 Å². The zero-order valence-electron chi connectivity index (χ0n) is 10.3. The van der Waals surface area contributed by atoms with E-state index in [-0.39, 0.29) is 5.91 Å². The molecule has 0 aliphatic rings. The average molecular weight is 232 g/mol. The second-order valence-electron chi connectivity index (χ2n) is 4.23. The summed E-state index contributed by atoms with van der Waals surface area (Å²) in [5.41, 5.74) is 8.66. The lowest BCUT2D eigenvalue weighted by Crippen LogP contribution is -2.22. The average Bonchev–Trinajstić information content (AvgIpc) is 2.55. The standard InChI is InChI=1S/C12H16N4O/c1-8(17)15(2)7-9-4-5-10-11(6-9)16(3)12(13)14-10/h4-6H,7H2,1-3H3,(H2,13,14). The summed E-state index contributed by atoms with van der Waals surface area (Å²) in [5.74, 6) is 0.548. The maximum atomic E-state index is 11.2. The molecule has 0 saturated heterocycles. The number of benzene rings is 1. The van der Waals surface area contributed by atoms with E-state index in [1.54, 1.807) is 18.9 Å². The van der Waals surface area contributed by atoms with Crippen LogP contribution < -0.4 is 5.73 Å². The van der Waals surface area contributed by atoms with Gasteiger partial charge in [-0.15, -0.1) is 0 Å². The van der Waals surface area contributed by atoms with Crippen LogP contribution in [0.15, 0.2) is 18.2 Å². The van der Waals surface area contributed by atoms with E-state index in [0.29, 0.717) is 12.5 Å². The Bertz CT molecular complexity index is 573. The third kappa shape index (κ3) is 2.08. The van der Waals surface area contributed by atoms with E-state index in [4.69, 9.17) is 5.73 Å². The SMILES string of the molecule is CC(=O)N(C)Cc1ccc2nc(N)n(C)c2c1. The topological polar surface area (TPSA) is 64.2 Å². The van der Waals surface area contributed by atoms with E-state index >= 15 is 0 Å². The molecule has 0 spiro atoms. The van der Waals surface area contributed by atoms with Crippen molar-refractivity contribution in [2.24, 2.45) is 7.05 Å². The zero-order valence-corrected chi connectivity index (χ0v) is 10.3. The number of hydrogen-bond donors (Lipinski definition) is 1. The number of hydrogen-bond acceptors (Lipinski definition) is 3. The monoisotopic (exact) mass is 232 g/mol. The highest BCUT2D eigenvalue weighted by molar-refractivity contribution is 5.79. The number of aryl methyl sites for hydroxylation is 1. The summed E-state index contributed by atoms with van der Waals surface area (Å²) in [4.78, 5) is 17.1. The molecule has 1 aromatic heterocycles. The predicted molar refractivity (Wildman–Crippen MR) is 67.3 cm³/mol. The smallest absolute Gasteiger partial charge is 0.219 e. The number of nitrogens with two attached hydrogens (primary N) is 1. The molecule has 2 rings (SSSR count). The van der Waals surface area contributed by atoms with Crippen molar-refractivity contribution in [3.05, 3.63) is 23.8 Å². The van der Waals surface area contributed by atoms with Crippen LogP contribution in [0, 0.1) is 0 Å². The molecule has 0 atom stereocenters. The van der Waals surface area contributed by atoms with Gasteiger partial charge in [-0.2, -0.15) is 0 Å². The molecule has 0 unspecified atom stereocenters. The summed E-state index contributed by atoms with van der Waals surface area (Å²) in [6, 6.07) is 5.90. The summed E-state index contributed by atoms with van der Waals surface area (Å²) >= 11 is 0. The van der Waals surface area contributed by atoms with Crippen molar-refractivity contribution in [1.82, 2.24) is 14.5 Å². The summed E-state index contributed by atoms with van der Waals surface area (Å²) < 4.78 is 1.84. The Morgan fingerprint density at radius 2 is 2.24 bits per heavy atom. The minimum atomic E-state index is 0.0506. The van der Waals surface area contributed by atoms with E-state index in [0.717, 1.165) is 16.6 Å². The van der Waals surface area contributed by atoms with Crippen LogP contribution >= 0.6 is 0 Å². The quantitative estimate of drug-likeness (QED) is 0.844. The maximum Gasteiger partial charge on any atom is 0.219 e. The van der Waals surface area contributed by atoms with Gasteiger partial charge in [-0.3, -0.25) is 4.79 Å². The van der Waals surface area contributed by atoms with Crippen molar-refractivity contribution in [2.45, 2.75) is 13.5 Å². The van der Waals surface area contributed by atoms with Crippen molar-refractivity contribution in [3.8, 4) is 0 Å². The fourth-order valence-electron chi connectivity index (χ4n) is 1.74. The molecule has 17 heavy (non-hydrogen) atoms. The van der Waals surface area contributed by atoms with Crippen LogP contribution in [-0.2, 0) is 18.4 Å². The van der Waals surface area contributed by atoms with Gasteiger partial charge in [0.25, 0.3) is 0 Å². The van der Waals surface area contributed by atoms with Crippen LogP contribution in [0.3, 0.4) is 0 Å². The first-order chi connectivity index (χ1) is 7.99. The number of rotatable bonds is 2. The number of anilines is 1. The molecule has 2 aromatic rings. The minimum absolute atomic E-state index is 0.0506. The lowest BCUT2D eigenvalue weighted by molar-refractivity contribution is -0.128. The van der Waals surface area contributed by atoms with Crippen molar-refractivity contribution < 1.29 is 4.79 Å². The molecule has 0 saturated carbocycles. The van der Waals surface area contributed by atoms with Crippen molar-refractivity contribution in [3.63, 3.8) is 0 Å². The number of carbonyl (C=O) groups excluding carboxylic acids is 1. The molecular formula is C12H16N4O. The van der Waals surface area contributed by atoms with Gasteiger partial charge in [-0.25, -0.2) is 4.98 Å². The van der Waals surface area contributed by atoms with Gasteiger partial charge in [0.05, 0.1) is 11.0 Å². The molecular weight excluding hydrogens is 216 g/mol. The Morgan fingerprint density at radius 3 is 2.88 bits per heavy atom. The number of fused-ring (bicyclic) bond motifs is 1. The van der Waals surface area contributed by atoms with E-state index < -0.39 is 0 Å². The van der Waals surface area contributed by atoms with Gasteiger partial charge in [0.2, 0.25) is 11.9 Å². The summed E-state index contributed by atoms with van der Waals surface area (Å²) in [6.07, 6.45) is 0. The van der Waals surface area contributed by atoms with Crippen LogP contribution in [0.2, 0.25) is 0 Å². The van der Waals surface area contributed by atoms with Gasteiger partial charge < -0.3 is 15.2 Å². The first kappa shape index (κ1) is 11.4. The fraction of sp³-hybridized carbons (Fsp3) is 0.333. The number of amides is 1. The van der Waals surface area contributed by atoms with Gasteiger partial charge in [-0.1, -0.05) is 6.07 Å². The number of nitrogens with zero attached hydrogens (tertiary/aromatic N) is 3. The van der Waals surface area contributed by atoms with Gasteiger partial charge in [-0.05, 0) is 17.7 Å². The molecule has 5 heteroatoms. The fourth-order valence-corrected chi connectivity index (χ4v) is 1.74. The Kier molecular flexibility index (Phi) is 2.75. The Balaban J connectivity index is 2.37. The Morgan fingerprint density at radius 1 is 1.53 bits per heavy atom. The lowest BCUT2D eigenvalue weighted by Gasteiger charge is -2.14. The molecule has 90 valence electrons. The highest BCUT2D eigenvalue weighted by atomic mass is 16.2. The number of aromatic nitrogens is 2. The first-order valence-electron chi connectivity index (χ1n) is 5.41. The molecule has 0 bridgehead atoms. The van der Waals surface area contributed by atoms with E-state index in [1.165, 1.54) is 0 Å². The zero-order chi connectivity index (χ0) is 12.6. The van der Waals surface area contributed by atoms with E-state index in [1.807, 2.05) is 29.8 Å². The molecule has 0 aliphatic carbocycles. The van der Waals surface area contributed by atoms with Crippen molar-refractivity contribution >= 4 is 22.9 Å². The van der Waals surface area contributed by atoms with E-state index in [9.17, 15) is 4.79 Å². The van der Waals surface area contributed by atoms with Crippen LogP contribution in [0.4, 0.5) is 5.95 Å². The highest BCUT2D eigenvalue weighted by Gasteiger charge is 2.08. The van der Waals surface area contributed by atoms with Crippen LogP contribution in [-0.4, -0.2) is 27.4 Å². The largest absolute Gasteiger partial charge is 0.369 e. The van der Waals surface area contributed by atoms with Crippen LogP contribution in [0.1, 0.15) is 12.5 Å². The van der Waals surface area contributed by atoms with Gasteiger partial charge in [0, 0.05) is 27.6 Å². The van der Waals surface area contributed by atoms with E-state index in [2.05, 4.69) is 4.98 Å². The molecule has 1 heterocycles. The molecule has 5 nitrogen and oxygen atoms in total. The van der Waals surface area contributed by atoms with Gasteiger partial charge in [0.1, 0.15) is 0 Å². The molecule has 0 aliphatic heterocycles. The van der Waals surface area contributed by atoms with Crippen molar-refractivity contribution in [2.75, 3.05) is 12.8 Å². The molecule has 0 fully saturated rings. The molecule has 2 N–H and O–H groups in total. The third-order valence-electron chi connectivity index (χ3n) is 2.94. The second-order valence-corrected chi connectivity index (χ2v) is 4.23. The summed E-state index contributed by atoms with van der Waals surface area (Å²) in [7, 11) is 3.66. The summed E-state index contributed by atoms with van der Waals surface area (Å²) in [5, 5.41) is 0. The third-order valence-corrected chi connectivity index (χ3v) is 2.94. The lowest BCUT2D eigenvalue weighted by atomic mass is 10.2. The summed E-state index contributed by atoms with van der Waals surface area (Å²) in [6.45, 7) is 2.15. The second kappa shape index (κ2) is 4.08. The number of imidazole rings is 1. The van der Waals surface area contributed by atoms with Crippen LogP contribution in [0.25, 0.3) is 11.0 Å². The van der Waals surface area contributed by atoms with Crippen LogP contribution in [0.5, 0.6) is 0 Å². The highest BCUT2D eigenvalue weighted by Crippen LogP contribution is 2.18. The first-order valence-corrected chi connectivity index (χ1v) is 5.41. The number of nitrogen functional groups attached to an aromatic ring is 1. The van der Waals surface area contributed by atoms with Gasteiger partial charge in [0.15, 0.2) is 0 Å². The Hall–Kier alpha value is -2.04. The molecule has 1 amide bonds. The predicted octanol–water partition coefficient (Wildman–Crippen LogP) is 1.13. The minimum Gasteiger partial charge on any atom is -0.369 e. The Labute approximate surface area is 99.8 Å².